The van der Waals surface area contributed by atoms with Crippen molar-refractivity contribution in [3.05, 3.63) is 134 Å². The van der Waals surface area contributed by atoms with E-state index in [0.717, 1.165) is 141 Å². The Balaban J connectivity index is 4.44. The van der Waals surface area contributed by atoms with Crippen LogP contribution in [0.15, 0.2) is 134 Å². The van der Waals surface area contributed by atoms with Gasteiger partial charge in [0.25, 0.3) is 0 Å². The van der Waals surface area contributed by atoms with E-state index in [9.17, 15) is 14.4 Å². The standard InChI is InChI=1S/C76H126O6/c1-4-7-10-13-16-19-22-25-28-30-32-34-36-37-38-39-40-42-43-45-48-51-54-57-60-63-66-69-75(78)81-72-73(71-80-74(77)68-65-62-59-56-53-50-47-27-24-21-18-15-12-9-6-3)82-76(79)70-67-64-61-58-55-52-49-46-44-41-35-33-31-29-26-23-20-17-14-11-8-5-2/h7,9-10,12,16,18-19,21,25,27-28,32,34,37-38,40,42,45,47-48,54,57,73H,4-6,8,11,13-15,17,20,22-24,26,29-31,33,35-36,39,41,43-44,46,49-53,55-56,58-72H2,1-3H3/b10-7-,12-9-,19-16-,21-18-,28-25-,34-32-,38-37-,42-40-,47-27-,48-45-,57-54-. The molecule has 0 saturated carbocycles. The number of esters is 3. The lowest BCUT2D eigenvalue weighted by Crippen LogP contribution is -2.30. The van der Waals surface area contributed by atoms with Gasteiger partial charge in [-0.05, 0) is 116 Å². The molecular formula is C76H126O6. The van der Waals surface area contributed by atoms with Crippen LogP contribution in [-0.4, -0.2) is 37.2 Å². The van der Waals surface area contributed by atoms with Crippen LogP contribution in [0.4, 0.5) is 0 Å². The summed E-state index contributed by atoms with van der Waals surface area (Å²) in [6.07, 6.45) is 97.6. The van der Waals surface area contributed by atoms with E-state index in [4.69, 9.17) is 14.2 Å². The Morgan fingerprint density at radius 1 is 0.256 bits per heavy atom. The summed E-state index contributed by atoms with van der Waals surface area (Å²) in [7, 11) is 0. The molecule has 0 aromatic heterocycles. The molecule has 6 nitrogen and oxygen atoms in total. The van der Waals surface area contributed by atoms with Gasteiger partial charge in [-0.3, -0.25) is 14.4 Å². The van der Waals surface area contributed by atoms with Crippen LogP contribution in [0.5, 0.6) is 0 Å². The van der Waals surface area contributed by atoms with Gasteiger partial charge in [0.15, 0.2) is 6.10 Å². The van der Waals surface area contributed by atoms with Crippen LogP contribution in [0, 0.1) is 0 Å². The maximum absolute atomic E-state index is 13.0. The second-order valence-electron chi connectivity index (χ2n) is 22.3. The molecule has 0 aromatic carbocycles. The van der Waals surface area contributed by atoms with Crippen LogP contribution < -0.4 is 0 Å². The molecule has 466 valence electrons. The first-order valence-electron chi connectivity index (χ1n) is 34.2. The van der Waals surface area contributed by atoms with E-state index in [1.165, 1.54) is 122 Å². The smallest absolute Gasteiger partial charge is 0.306 e. The number of allylic oxidation sites excluding steroid dienone is 22. The van der Waals surface area contributed by atoms with E-state index in [0.29, 0.717) is 25.7 Å². The first-order chi connectivity index (χ1) is 40.5. The molecule has 0 aromatic rings. The molecule has 0 aliphatic carbocycles. The van der Waals surface area contributed by atoms with Crippen LogP contribution in [-0.2, 0) is 28.6 Å². The quantitative estimate of drug-likeness (QED) is 0.0261. The van der Waals surface area contributed by atoms with Gasteiger partial charge in [0.2, 0.25) is 0 Å². The monoisotopic (exact) mass is 1130 g/mol. The predicted octanol–water partition coefficient (Wildman–Crippen LogP) is 23.7. The van der Waals surface area contributed by atoms with Gasteiger partial charge in [-0.2, -0.15) is 0 Å². The van der Waals surface area contributed by atoms with E-state index in [2.05, 4.69) is 154 Å². The molecule has 82 heavy (non-hydrogen) atoms. The fourth-order valence-corrected chi connectivity index (χ4v) is 9.36. The van der Waals surface area contributed by atoms with Crippen molar-refractivity contribution in [2.45, 2.75) is 316 Å². The van der Waals surface area contributed by atoms with Crippen LogP contribution in [0.25, 0.3) is 0 Å². The fraction of sp³-hybridized carbons (Fsp3) is 0.671. The van der Waals surface area contributed by atoms with Gasteiger partial charge in [-0.25, -0.2) is 0 Å². The summed E-state index contributed by atoms with van der Waals surface area (Å²) in [5, 5.41) is 0. The number of carbonyl (C=O) groups excluding carboxylic acids is 3. The van der Waals surface area contributed by atoms with Crippen molar-refractivity contribution in [2.24, 2.45) is 0 Å². The molecule has 0 spiro atoms. The molecule has 0 aliphatic heterocycles. The summed E-state index contributed by atoms with van der Waals surface area (Å²) in [5.41, 5.74) is 0. The van der Waals surface area contributed by atoms with Crippen LogP contribution >= 0.6 is 0 Å². The summed E-state index contributed by atoms with van der Waals surface area (Å²) in [6.45, 7) is 6.39. The highest BCUT2D eigenvalue weighted by Gasteiger charge is 2.19. The molecule has 0 saturated heterocycles. The van der Waals surface area contributed by atoms with Crippen LogP contribution in [0.3, 0.4) is 0 Å². The van der Waals surface area contributed by atoms with Crippen LogP contribution in [0.2, 0.25) is 0 Å². The van der Waals surface area contributed by atoms with Gasteiger partial charge in [-0.1, -0.05) is 309 Å². The highest BCUT2D eigenvalue weighted by molar-refractivity contribution is 5.71. The number of hydrogen-bond donors (Lipinski definition) is 0. The van der Waals surface area contributed by atoms with Gasteiger partial charge in [0.05, 0.1) is 0 Å². The van der Waals surface area contributed by atoms with Gasteiger partial charge < -0.3 is 14.2 Å². The lowest BCUT2D eigenvalue weighted by Gasteiger charge is -2.18. The molecule has 1 atom stereocenters. The molecule has 0 N–H and O–H groups in total. The third kappa shape index (κ3) is 66.4. The zero-order chi connectivity index (χ0) is 59.2. The maximum atomic E-state index is 13.0. The van der Waals surface area contributed by atoms with Crippen molar-refractivity contribution in [1.82, 2.24) is 0 Å². The number of rotatable bonds is 61. The van der Waals surface area contributed by atoms with E-state index in [1.54, 1.807) is 0 Å². The molecule has 0 aliphatic rings. The second-order valence-corrected chi connectivity index (χ2v) is 22.3. The Hall–Kier alpha value is -4.45. The van der Waals surface area contributed by atoms with Gasteiger partial charge in [0.1, 0.15) is 13.2 Å². The minimum atomic E-state index is -0.808. The Kier molecular flexibility index (Phi) is 65.3. The number of carbonyl (C=O) groups is 3. The van der Waals surface area contributed by atoms with Crippen molar-refractivity contribution < 1.29 is 28.6 Å². The van der Waals surface area contributed by atoms with Gasteiger partial charge in [-0.15, -0.1) is 0 Å². The van der Waals surface area contributed by atoms with E-state index >= 15 is 0 Å². The summed E-state index contributed by atoms with van der Waals surface area (Å²) in [6, 6.07) is 0. The van der Waals surface area contributed by atoms with Gasteiger partial charge >= 0.3 is 17.9 Å². The zero-order valence-electron chi connectivity index (χ0n) is 53.5. The van der Waals surface area contributed by atoms with Crippen LogP contribution in [0.1, 0.15) is 310 Å². The molecule has 6 heteroatoms. The topological polar surface area (TPSA) is 78.9 Å². The Labute approximate surface area is 506 Å². The maximum Gasteiger partial charge on any atom is 0.306 e. The number of hydrogen-bond acceptors (Lipinski definition) is 6. The van der Waals surface area contributed by atoms with Crippen molar-refractivity contribution in [3.63, 3.8) is 0 Å². The molecule has 0 rings (SSSR count). The SMILES string of the molecule is CC/C=C\C/C=C\C/C=C\C/C=C\C/C=C\C/C=C\C/C=C\C/C=C\CCCCC(=O)OCC(COC(=O)CCCCCCC/C=C\C/C=C\C/C=C\CC)OC(=O)CCCCCCCCCCCCCCCCCCCCCCCC. The lowest BCUT2D eigenvalue weighted by molar-refractivity contribution is -0.167. The molecule has 0 heterocycles. The summed E-state index contributed by atoms with van der Waals surface area (Å²) in [4.78, 5) is 38.4. The number of unbranched alkanes of at least 4 members (excludes halogenated alkanes) is 28. The predicted molar refractivity (Wildman–Crippen MR) is 357 cm³/mol. The van der Waals surface area contributed by atoms with E-state index < -0.39 is 6.10 Å². The Bertz CT molecular complexity index is 1730. The molecule has 0 radical (unpaired) electrons. The third-order valence-corrected chi connectivity index (χ3v) is 14.4. The first-order valence-corrected chi connectivity index (χ1v) is 34.2. The van der Waals surface area contributed by atoms with E-state index in [-0.39, 0.29) is 31.1 Å². The van der Waals surface area contributed by atoms with Crippen molar-refractivity contribution in [2.75, 3.05) is 13.2 Å². The zero-order valence-corrected chi connectivity index (χ0v) is 53.5. The fourth-order valence-electron chi connectivity index (χ4n) is 9.36. The minimum absolute atomic E-state index is 0.102. The molecule has 0 bridgehead atoms. The molecule has 0 fully saturated rings. The second kappa shape index (κ2) is 69.0. The van der Waals surface area contributed by atoms with E-state index in [1.807, 2.05) is 0 Å². The summed E-state index contributed by atoms with van der Waals surface area (Å²) in [5.74, 6) is -0.954. The normalized spacial score (nSPS) is 13.0. The summed E-state index contributed by atoms with van der Waals surface area (Å²) >= 11 is 0. The minimum Gasteiger partial charge on any atom is -0.462 e. The third-order valence-electron chi connectivity index (χ3n) is 14.4. The molecule has 0 amide bonds. The highest BCUT2D eigenvalue weighted by Crippen LogP contribution is 2.17. The van der Waals surface area contributed by atoms with Crippen molar-refractivity contribution in [1.29, 1.82) is 0 Å². The largest absolute Gasteiger partial charge is 0.462 e. The average molecular weight is 1140 g/mol. The van der Waals surface area contributed by atoms with Gasteiger partial charge in [0, 0.05) is 19.3 Å². The highest BCUT2D eigenvalue weighted by atomic mass is 16.6. The number of ether oxygens (including phenoxy) is 3. The Morgan fingerprint density at radius 3 is 0.768 bits per heavy atom. The first kappa shape index (κ1) is 77.5. The summed E-state index contributed by atoms with van der Waals surface area (Å²) < 4.78 is 16.9. The van der Waals surface area contributed by atoms with Crippen molar-refractivity contribution >= 4 is 17.9 Å². The molecular weight excluding hydrogens is 1010 g/mol. The van der Waals surface area contributed by atoms with Crippen molar-refractivity contribution in [3.8, 4) is 0 Å². The Morgan fingerprint density at radius 2 is 0.476 bits per heavy atom. The molecule has 1 unspecified atom stereocenters. The lowest BCUT2D eigenvalue weighted by atomic mass is 10.0. The average Bonchev–Trinajstić information content (AvgIpc) is 3.47.